The molecule has 2 aromatic rings. The zero-order valence-corrected chi connectivity index (χ0v) is 17.5. The fraction of sp³-hybridized carbons (Fsp3) is 0.458. The van der Waals surface area contributed by atoms with Crippen LogP contribution in [0.1, 0.15) is 36.8 Å². The second-order valence-electron chi connectivity index (χ2n) is 8.47. The van der Waals surface area contributed by atoms with Gasteiger partial charge >= 0.3 is 0 Å². The molecule has 158 valence electrons. The number of rotatable bonds is 7. The van der Waals surface area contributed by atoms with Crippen molar-refractivity contribution in [1.29, 1.82) is 0 Å². The van der Waals surface area contributed by atoms with Gasteiger partial charge in [0.2, 0.25) is 11.8 Å². The smallest absolute Gasteiger partial charge is 0.225 e. The fourth-order valence-corrected chi connectivity index (χ4v) is 4.71. The van der Waals surface area contributed by atoms with Crippen LogP contribution in [0, 0.1) is 11.3 Å². The Bertz CT molecular complexity index is 896. The van der Waals surface area contributed by atoms with Crippen molar-refractivity contribution in [2.75, 3.05) is 20.2 Å². The van der Waals surface area contributed by atoms with Crippen LogP contribution in [0.15, 0.2) is 48.8 Å². The second-order valence-corrected chi connectivity index (χ2v) is 8.47. The molecule has 1 saturated carbocycles. The average Bonchev–Trinajstić information content (AvgIpc) is 3.18. The number of hydrogen-bond acceptors (Lipinski definition) is 4. The summed E-state index contributed by atoms with van der Waals surface area (Å²) < 4.78 is 5.26. The van der Waals surface area contributed by atoms with Gasteiger partial charge in [0.25, 0.3) is 0 Å². The summed E-state index contributed by atoms with van der Waals surface area (Å²) in [5.41, 5.74) is 2.09. The maximum atomic E-state index is 13.0. The molecule has 2 heterocycles. The third-order valence-corrected chi connectivity index (χ3v) is 6.64. The number of pyridine rings is 1. The Morgan fingerprint density at radius 3 is 2.70 bits per heavy atom. The molecule has 1 spiro atoms. The average molecular weight is 408 g/mol. The number of carbonyl (C=O) groups is 2. The SMILES string of the molecule is COc1cccc(CCC(=O)N2CC(C(=O)NCc3ccncc3)C3(CCC3)C2)c1. The number of aryl methyl sites for hydroxylation is 1. The van der Waals surface area contributed by atoms with Crippen LogP contribution in [0.5, 0.6) is 5.75 Å². The van der Waals surface area contributed by atoms with Crippen LogP contribution in [0.4, 0.5) is 0 Å². The van der Waals surface area contributed by atoms with Crippen LogP contribution in [-0.4, -0.2) is 41.9 Å². The summed E-state index contributed by atoms with van der Waals surface area (Å²) in [6.07, 6.45) is 7.79. The number of aromatic nitrogens is 1. The third kappa shape index (κ3) is 4.32. The molecular formula is C24H29N3O3. The summed E-state index contributed by atoms with van der Waals surface area (Å²) in [5.74, 6) is 0.887. The molecule has 0 radical (unpaired) electrons. The molecule has 1 unspecified atom stereocenters. The number of amides is 2. The van der Waals surface area contributed by atoms with E-state index in [9.17, 15) is 9.59 Å². The number of hydrogen-bond donors (Lipinski definition) is 1. The zero-order valence-electron chi connectivity index (χ0n) is 17.5. The van der Waals surface area contributed by atoms with E-state index in [2.05, 4.69) is 10.3 Å². The van der Waals surface area contributed by atoms with Crippen molar-refractivity contribution in [3.63, 3.8) is 0 Å². The zero-order chi connectivity index (χ0) is 21.0. The topological polar surface area (TPSA) is 71.5 Å². The van der Waals surface area contributed by atoms with Crippen molar-refractivity contribution < 1.29 is 14.3 Å². The molecule has 6 nitrogen and oxygen atoms in total. The quantitative estimate of drug-likeness (QED) is 0.766. The minimum atomic E-state index is -0.117. The maximum Gasteiger partial charge on any atom is 0.225 e. The summed E-state index contributed by atoms with van der Waals surface area (Å²) in [6.45, 7) is 1.73. The molecule has 30 heavy (non-hydrogen) atoms. The maximum absolute atomic E-state index is 13.0. The van der Waals surface area contributed by atoms with Crippen molar-refractivity contribution in [2.24, 2.45) is 11.3 Å². The molecule has 0 bridgehead atoms. The molecular weight excluding hydrogens is 378 g/mol. The molecule has 1 aliphatic carbocycles. The van der Waals surface area contributed by atoms with Gasteiger partial charge in [-0.15, -0.1) is 0 Å². The van der Waals surface area contributed by atoms with Crippen LogP contribution >= 0.6 is 0 Å². The van der Waals surface area contributed by atoms with Gasteiger partial charge in [0.05, 0.1) is 13.0 Å². The predicted molar refractivity (Wildman–Crippen MR) is 114 cm³/mol. The highest BCUT2D eigenvalue weighted by atomic mass is 16.5. The highest BCUT2D eigenvalue weighted by Gasteiger charge is 2.54. The summed E-state index contributed by atoms with van der Waals surface area (Å²) in [4.78, 5) is 31.8. The lowest BCUT2D eigenvalue weighted by atomic mass is 9.62. The molecule has 1 saturated heterocycles. The van der Waals surface area contributed by atoms with Gasteiger partial charge in [-0.1, -0.05) is 18.6 Å². The van der Waals surface area contributed by atoms with Crippen LogP contribution in [-0.2, 0) is 22.6 Å². The summed E-state index contributed by atoms with van der Waals surface area (Å²) in [5, 5.41) is 3.08. The van der Waals surface area contributed by atoms with Crippen LogP contribution < -0.4 is 10.1 Å². The van der Waals surface area contributed by atoms with E-state index in [1.807, 2.05) is 41.3 Å². The molecule has 1 aliphatic heterocycles. The summed E-state index contributed by atoms with van der Waals surface area (Å²) in [6, 6.07) is 11.6. The number of methoxy groups -OCH3 is 1. The normalized spacial score (nSPS) is 19.4. The first-order chi connectivity index (χ1) is 14.6. The number of benzene rings is 1. The van der Waals surface area contributed by atoms with Gasteiger partial charge in [-0.3, -0.25) is 14.6 Å². The van der Waals surface area contributed by atoms with Gasteiger partial charge in [-0.25, -0.2) is 0 Å². The summed E-state index contributed by atoms with van der Waals surface area (Å²) in [7, 11) is 1.65. The molecule has 2 aliphatic rings. The Labute approximate surface area is 177 Å². The molecule has 2 fully saturated rings. The fourth-order valence-electron chi connectivity index (χ4n) is 4.71. The van der Waals surface area contributed by atoms with Crippen LogP contribution in [0.2, 0.25) is 0 Å². The molecule has 1 aromatic carbocycles. The molecule has 2 amide bonds. The Balaban J connectivity index is 1.35. The minimum absolute atomic E-state index is 0.0338. The minimum Gasteiger partial charge on any atom is -0.497 e. The summed E-state index contributed by atoms with van der Waals surface area (Å²) >= 11 is 0. The van der Waals surface area contributed by atoms with E-state index < -0.39 is 0 Å². The van der Waals surface area contributed by atoms with Gasteiger partial charge in [0.1, 0.15) is 5.75 Å². The van der Waals surface area contributed by atoms with Crippen molar-refractivity contribution in [2.45, 2.75) is 38.6 Å². The number of nitrogens with zero attached hydrogens (tertiary/aromatic N) is 2. The Morgan fingerprint density at radius 2 is 2.00 bits per heavy atom. The van der Waals surface area contributed by atoms with E-state index in [1.165, 1.54) is 0 Å². The molecule has 1 aromatic heterocycles. The molecule has 1 atom stereocenters. The molecule has 6 heteroatoms. The first-order valence-corrected chi connectivity index (χ1v) is 10.7. The van der Waals surface area contributed by atoms with Crippen LogP contribution in [0.25, 0.3) is 0 Å². The number of likely N-dealkylation sites (tertiary alicyclic amines) is 1. The third-order valence-electron chi connectivity index (χ3n) is 6.64. The van der Waals surface area contributed by atoms with Gasteiger partial charge in [-0.05, 0) is 54.7 Å². The Morgan fingerprint density at radius 1 is 1.20 bits per heavy atom. The van der Waals surface area contributed by atoms with E-state index >= 15 is 0 Å². The lowest BCUT2D eigenvalue weighted by Crippen LogP contribution is -2.45. The van der Waals surface area contributed by atoms with Crippen molar-refractivity contribution in [1.82, 2.24) is 15.2 Å². The number of nitrogens with one attached hydrogen (secondary N) is 1. The highest BCUT2D eigenvalue weighted by molar-refractivity contribution is 5.83. The van der Waals surface area contributed by atoms with Gasteiger partial charge in [0, 0.05) is 43.9 Å². The predicted octanol–water partition coefficient (Wildman–Crippen LogP) is 2.97. The monoisotopic (exact) mass is 407 g/mol. The lowest BCUT2D eigenvalue weighted by Gasteiger charge is -2.41. The highest BCUT2D eigenvalue weighted by Crippen LogP contribution is 2.51. The van der Waals surface area contributed by atoms with E-state index in [4.69, 9.17) is 4.74 Å². The first-order valence-electron chi connectivity index (χ1n) is 10.7. The van der Waals surface area contributed by atoms with Gasteiger partial charge < -0.3 is 15.0 Å². The lowest BCUT2D eigenvalue weighted by molar-refractivity contribution is -0.130. The molecule has 1 N–H and O–H groups in total. The van der Waals surface area contributed by atoms with E-state index in [-0.39, 0.29) is 23.1 Å². The van der Waals surface area contributed by atoms with Gasteiger partial charge in [0.15, 0.2) is 0 Å². The Kier molecular flexibility index (Phi) is 6.02. The van der Waals surface area contributed by atoms with Gasteiger partial charge in [-0.2, -0.15) is 0 Å². The number of carbonyl (C=O) groups excluding carboxylic acids is 2. The largest absolute Gasteiger partial charge is 0.497 e. The van der Waals surface area contributed by atoms with E-state index in [0.717, 1.165) is 36.1 Å². The van der Waals surface area contributed by atoms with E-state index in [0.29, 0.717) is 32.5 Å². The standard InChI is InChI=1S/C24H29N3O3/c1-30-20-5-2-4-18(14-20)6-7-22(28)27-16-21(24(17-27)10-3-11-24)23(29)26-15-19-8-12-25-13-9-19/h2,4-5,8-9,12-14,21H,3,6-7,10-11,15-17H2,1H3,(H,26,29). The molecule has 4 rings (SSSR count). The van der Waals surface area contributed by atoms with Crippen molar-refractivity contribution in [3.8, 4) is 5.75 Å². The second kappa shape index (κ2) is 8.86. The van der Waals surface area contributed by atoms with E-state index in [1.54, 1.807) is 19.5 Å². The van der Waals surface area contributed by atoms with Crippen molar-refractivity contribution >= 4 is 11.8 Å². The Hall–Kier alpha value is -2.89. The number of ether oxygens (including phenoxy) is 1. The first kappa shape index (κ1) is 20.4. The van der Waals surface area contributed by atoms with Crippen molar-refractivity contribution in [3.05, 3.63) is 59.9 Å². The van der Waals surface area contributed by atoms with Crippen LogP contribution in [0.3, 0.4) is 0 Å².